The minimum Gasteiger partial charge on any atom is -0.462 e. The van der Waals surface area contributed by atoms with E-state index in [1.807, 2.05) is 46.1 Å². The van der Waals surface area contributed by atoms with Crippen LogP contribution in [0, 0.1) is 0 Å². The molecule has 7 heteroatoms. The standard InChI is InChI=1S/C17H18N4O2S/c22-15(12-20-7-1-2-8-20)21-9-5-13(6-10-21)16-18-19-17(24-16)14-4-3-11-23-14/h1-4,7-8,11,13H,5-6,9-10,12H2. The van der Waals surface area contributed by atoms with Gasteiger partial charge in [-0.15, -0.1) is 10.2 Å². The predicted molar refractivity (Wildman–Crippen MR) is 90.6 cm³/mol. The number of rotatable bonds is 4. The fraction of sp³-hybridized carbons (Fsp3) is 0.353. The molecular formula is C17H18N4O2S. The van der Waals surface area contributed by atoms with Crippen molar-refractivity contribution in [3.8, 4) is 10.8 Å². The molecule has 0 aliphatic carbocycles. The Kier molecular flexibility index (Phi) is 4.17. The van der Waals surface area contributed by atoms with Crippen LogP contribution in [-0.4, -0.2) is 38.7 Å². The highest BCUT2D eigenvalue weighted by atomic mass is 32.1. The molecule has 0 N–H and O–H groups in total. The molecule has 0 aromatic carbocycles. The Labute approximate surface area is 143 Å². The van der Waals surface area contributed by atoms with Gasteiger partial charge in [0.15, 0.2) is 10.8 Å². The van der Waals surface area contributed by atoms with E-state index in [-0.39, 0.29) is 5.91 Å². The summed E-state index contributed by atoms with van der Waals surface area (Å²) >= 11 is 1.59. The molecule has 0 atom stereocenters. The number of nitrogens with zero attached hydrogens (tertiary/aromatic N) is 4. The van der Waals surface area contributed by atoms with E-state index in [0.717, 1.165) is 41.7 Å². The zero-order chi connectivity index (χ0) is 16.4. The summed E-state index contributed by atoms with van der Waals surface area (Å²) in [5, 5.41) is 10.4. The lowest BCUT2D eigenvalue weighted by Gasteiger charge is -2.31. The fourth-order valence-corrected chi connectivity index (χ4v) is 3.99. The maximum absolute atomic E-state index is 12.3. The number of carbonyl (C=O) groups excluding carboxylic acids is 1. The van der Waals surface area contributed by atoms with E-state index in [9.17, 15) is 4.79 Å². The van der Waals surface area contributed by atoms with Crippen molar-refractivity contribution >= 4 is 17.2 Å². The minimum absolute atomic E-state index is 0.179. The molecule has 4 rings (SSSR count). The average molecular weight is 342 g/mol. The van der Waals surface area contributed by atoms with E-state index < -0.39 is 0 Å². The smallest absolute Gasteiger partial charge is 0.242 e. The Bertz CT molecular complexity index is 787. The van der Waals surface area contributed by atoms with Crippen LogP contribution in [0.5, 0.6) is 0 Å². The quantitative estimate of drug-likeness (QED) is 0.731. The second-order valence-electron chi connectivity index (χ2n) is 5.93. The molecule has 1 saturated heterocycles. The highest BCUT2D eigenvalue weighted by Crippen LogP contribution is 2.33. The number of likely N-dealkylation sites (tertiary alicyclic amines) is 1. The van der Waals surface area contributed by atoms with Crippen LogP contribution in [-0.2, 0) is 11.3 Å². The van der Waals surface area contributed by atoms with Crippen LogP contribution in [0.1, 0.15) is 23.8 Å². The van der Waals surface area contributed by atoms with E-state index in [1.165, 1.54) is 0 Å². The van der Waals surface area contributed by atoms with E-state index in [2.05, 4.69) is 10.2 Å². The van der Waals surface area contributed by atoms with Gasteiger partial charge in [0.25, 0.3) is 0 Å². The summed E-state index contributed by atoms with van der Waals surface area (Å²) in [6.07, 6.45) is 7.35. The first-order valence-electron chi connectivity index (χ1n) is 8.05. The molecule has 0 bridgehead atoms. The molecule has 3 aromatic heterocycles. The van der Waals surface area contributed by atoms with Gasteiger partial charge >= 0.3 is 0 Å². The van der Waals surface area contributed by atoms with Crippen LogP contribution in [0.4, 0.5) is 0 Å². The second kappa shape index (κ2) is 6.60. The zero-order valence-electron chi connectivity index (χ0n) is 13.2. The van der Waals surface area contributed by atoms with Crippen molar-refractivity contribution in [2.45, 2.75) is 25.3 Å². The van der Waals surface area contributed by atoms with E-state index in [1.54, 1.807) is 17.6 Å². The molecule has 1 aliphatic rings. The largest absolute Gasteiger partial charge is 0.462 e. The second-order valence-corrected chi connectivity index (χ2v) is 6.94. The summed E-state index contributed by atoms with van der Waals surface area (Å²) in [6.45, 7) is 1.97. The molecule has 3 aromatic rings. The third-order valence-electron chi connectivity index (χ3n) is 4.35. The average Bonchev–Trinajstić information content (AvgIpc) is 3.36. The van der Waals surface area contributed by atoms with Crippen LogP contribution in [0.2, 0.25) is 0 Å². The van der Waals surface area contributed by atoms with E-state index in [4.69, 9.17) is 4.42 Å². The highest BCUT2D eigenvalue weighted by Gasteiger charge is 2.26. The van der Waals surface area contributed by atoms with Gasteiger partial charge in [0.2, 0.25) is 5.91 Å². The van der Waals surface area contributed by atoms with Crippen LogP contribution in [0.15, 0.2) is 47.3 Å². The topological polar surface area (TPSA) is 64.2 Å². The number of hydrogen-bond donors (Lipinski definition) is 0. The van der Waals surface area contributed by atoms with Gasteiger partial charge in [-0.3, -0.25) is 4.79 Å². The Morgan fingerprint density at radius 1 is 1.21 bits per heavy atom. The SMILES string of the molecule is O=C(Cn1cccc1)N1CCC(c2nnc(-c3ccco3)s2)CC1. The van der Waals surface area contributed by atoms with Gasteiger partial charge in [-0.2, -0.15) is 0 Å². The first-order valence-corrected chi connectivity index (χ1v) is 8.87. The zero-order valence-corrected chi connectivity index (χ0v) is 14.0. The molecule has 1 aliphatic heterocycles. The van der Waals surface area contributed by atoms with Crippen LogP contribution in [0.3, 0.4) is 0 Å². The van der Waals surface area contributed by atoms with Crippen molar-refractivity contribution in [3.63, 3.8) is 0 Å². The molecule has 24 heavy (non-hydrogen) atoms. The predicted octanol–water partition coefficient (Wildman–Crippen LogP) is 3.01. The van der Waals surface area contributed by atoms with Crippen molar-refractivity contribution in [2.75, 3.05) is 13.1 Å². The summed E-state index contributed by atoms with van der Waals surface area (Å²) in [5.74, 6) is 1.32. The summed E-state index contributed by atoms with van der Waals surface area (Å²) in [7, 11) is 0. The number of furan rings is 1. The van der Waals surface area contributed by atoms with Crippen molar-refractivity contribution in [1.29, 1.82) is 0 Å². The maximum Gasteiger partial charge on any atom is 0.242 e. The van der Waals surface area contributed by atoms with E-state index >= 15 is 0 Å². The van der Waals surface area contributed by atoms with Crippen molar-refractivity contribution in [1.82, 2.24) is 19.7 Å². The molecule has 0 saturated carbocycles. The summed E-state index contributed by atoms with van der Waals surface area (Å²) in [6, 6.07) is 7.62. The Morgan fingerprint density at radius 3 is 2.71 bits per heavy atom. The molecular weight excluding hydrogens is 324 g/mol. The first-order chi connectivity index (χ1) is 11.8. The first kappa shape index (κ1) is 15.1. The van der Waals surface area contributed by atoms with Gasteiger partial charge < -0.3 is 13.9 Å². The Hall–Kier alpha value is -2.41. The minimum atomic E-state index is 0.179. The number of hydrogen-bond acceptors (Lipinski definition) is 5. The number of aromatic nitrogens is 3. The van der Waals surface area contributed by atoms with Crippen molar-refractivity contribution in [2.24, 2.45) is 0 Å². The molecule has 0 spiro atoms. The lowest BCUT2D eigenvalue weighted by atomic mass is 9.97. The number of amides is 1. The monoisotopic (exact) mass is 342 g/mol. The lowest BCUT2D eigenvalue weighted by molar-refractivity contribution is -0.132. The van der Waals surface area contributed by atoms with Gasteiger partial charge in [0, 0.05) is 31.4 Å². The molecule has 4 heterocycles. The van der Waals surface area contributed by atoms with Crippen molar-refractivity contribution in [3.05, 3.63) is 47.9 Å². The summed E-state index contributed by atoms with van der Waals surface area (Å²) in [5.41, 5.74) is 0. The van der Waals surface area contributed by atoms with Gasteiger partial charge in [0.05, 0.1) is 6.26 Å². The maximum atomic E-state index is 12.3. The summed E-state index contributed by atoms with van der Waals surface area (Å²) < 4.78 is 7.28. The molecule has 6 nitrogen and oxygen atoms in total. The Balaban J connectivity index is 1.35. The summed E-state index contributed by atoms with van der Waals surface area (Å²) in [4.78, 5) is 14.3. The van der Waals surface area contributed by atoms with Gasteiger partial charge in [0.1, 0.15) is 11.6 Å². The third-order valence-corrected chi connectivity index (χ3v) is 5.45. The molecule has 0 unspecified atom stereocenters. The molecule has 124 valence electrons. The van der Waals surface area contributed by atoms with Crippen molar-refractivity contribution < 1.29 is 9.21 Å². The molecule has 0 radical (unpaired) electrons. The normalized spacial score (nSPS) is 15.8. The number of carbonyl (C=O) groups is 1. The van der Waals surface area contributed by atoms with Gasteiger partial charge in [-0.25, -0.2) is 0 Å². The van der Waals surface area contributed by atoms with Gasteiger partial charge in [-0.05, 0) is 37.1 Å². The van der Waals surface area contributed by atoms with Gasteiger partial charge in [-0.1, -0.05) is 11.3 Å². The number of piperidine rings is 1. The lowest BCUT2D eigenvalue weighted by Crippen LogP contribution is -2.39. The molecule has 1 amide bonds. The Morgan fingerprint density at radius 2 is 2.00 bits per heavy atom. The van der Waals surface area contributed by atoms with E-state index in [0.29, 0.717) is 12.5 Å². The highest BCUT2D eigenvalue weighted by molar-refractivity contribution is 7.14. The van der Waals surface area contributed by atoms with Crippen LogP contribution < -0.4 is 0 Å². The van der Waals surface area contributed by atoms with Crippen LogP contribution in [0.25, 0.3) is 10.8 Å². The third kappa shape index (κ3) is 3.12. The molecule has 1 fully saturated rings. The fourth-order valence-electron chi connectivity index (χ4n) is 3.01. The van der Waals surface area contributed by atoms with Crippen LogP contribution >= 0.6 is 11.3 Å².